The Balaban J connectivity index is 2.41. The van der Waals surface area contributed by atoms with Gasteiger partial charge in [0.05, 0.1) is 5.52 Å². The van der Waals surface area contributed by atoms with Gasteiger partial charge >= 0.3 is 0 Å². The Hall–Kier alpha value is -1.17. The minimum Gasteiger partial charge on any atom is -0.273 e. The van der Waals surface area contributed by atoms with E-state index in [1.165, 1.54) is 11.5 Å². The monoisotopic (exact) mass is 358 g/mol. The molecule has 7 heteroatoms. The van der Waals surface area contributed by atoms with E-state index in [-0.39, 0.29) is 11.8 Å². The largest absolute Gasteiger partial charge is 0.273 e. The smallest absolute Gasteiger partial charge is 0.247 e. The molecule has 0 aliphatic carbocycles. The van der Waals surface area contributed by atoms with E-state index in [0.29, 0.717) is 42.1 Å². The molecule has 4 nitrogen and oxygen atoms in total. The summed E-state index contributed by atoms with van der Waals surface area (Å²) in [6.07, 6.45) is 1.91. The Morgan fingerprint density at radius 2 is 1.77 bits per heavy atom. The fourth-order valence-electron chi connectivity index (χ4n) is 1.99. The second-order valence-electron chi connectivity index (χ2n) is 4.69. The molecule has 1 aromatic carbocycles. The summed E-state index contributed by atoms with van der Waals surface area (Å²) >= 11 is 12.4. The van der Waals surface area contributed by atoms with Gasteiger partial charge in [-0.15, -0.1) is 23.2 Å². The fourth-order valence-corrected chi connectivity index (χ4v) is 3.29. The van der Waals surface area contributed by atoms with Crippen molar-refractivity contribution in [1.82, 2.24) is 3.96 Å². The molecule has 0 spiro atoms. The molecule has 1 heterocycles. The van der Waals surface area contributed by atoms with Crippen molar-refractivity contribution in [2.24, 2.45) is 4.99 Å². The molecule has 0 aliphatic heterocycles. The van der Waals surface area contributed by atoms with Gasteiger partial charge in [0.25, 0.3) is 0 Å². The Bertz CT molecular complexity index is 736. The van der Waals surface area contributed by atoms with Crippen molar-refractivity contribution in [3.05, 3.63) is 28.9 Å². The lowest BCUT2D eigenvalue weighted by Crippen LogP contribution is -2.07. The third-order valence-electron chi connectivity index (χ3n) is 3.03. The molecule has 2 aromatic rings. The normalized spacial score (nSPS) is 12.0. The van der Waals surface area contributed by atoms with Gasteiger partial charge < -0.3 is 0 Å². The number of carbonyl (C=O) groups excluding carboxylic acids is 2. The molecule has 0 unspecified atom stereocenters. The highest BCUT2D eigenvalue weighted by atomic mass is 35.5. The van der Waals surface area contributed by atoms with E-state index < -0.39 is 0 Å². The van der Waals surface area contributed by atoms with Crippen molar-refractivity contribution >= 4 is 57.5 Å². The molecule has 1 amide bonds. The van der Waals surface area contributed by atoms with Crippen LogP contribution >= 0.6 is 34.7 Å². The number of amides is 1. The van der Waals surface area contributed by atoms with E-state index in [0.717, 1.165) is 10.9 Å². The molecule has 0 N–H and O–H groups in total. The van der Waals surface area contributed by atoms with Crippen molar-refractivity contribution in [1.29, 1.82) is 0 Å². The molecule has 0 bridgehead atoms. The van der Waals surface area contributed by atoms with Crippen LogP contribution in [0.3, 0.4) is 0 Å². The number of alkyl halides is 2. The first-order chi connectivity index (χ1) is 10.7. The van der Waals surface area contributed by atoms with Crippen LogP contribution < -0.4 is 4.67 Å². The number of nitrogens with zero attached hydrogens (tertiary/aromatic N) is 2. The van der Waals surface area contributed by atoms with Crippen molar-refractivity contribution in [3.8, 4) is 0 Å². The van der Waals surface area contributed by atoms with Crippen molar-refractivity contribution < 1.29 is 9.59 Å². The van der Waals surface area contributed by atoms with E-state index in [4.69, 9.17) is 23.2 Å². The van der Waals surface area contributed by atoms with E-state index in [2.05, 4.69) is 4.99 Å². The Labute approximate surface area is 142 Å². The van der Waals surface area contributed by atoms with Crippen molar-refractivity contribution in [2.75, 3.05) is 11.8 Å². The lowest BCUT2D eigenvalue weighted by atomic mass is 10.2. The number of aromatic nitrogens is 1. The minimum absolute atomic E-state index is 0.0310. The molecule has 0 atom stereocenters. The topological polar surface area (TPSA) is 51.4 Å². The van der Waals surface area contributed by atoms with Crippen LogP contribution in [0.5, 0.6) is 0 Å². The Morgan fingerprint density at radius 3 is 2.50 bits per heavy atom. The third-order valence-corrected chi connectivity index (χ3v) is 4.63. The summed E-state index contributed by atoms with van der Waals surface area (Å²) in [5, 5.41) is 0.811. The zero-order chi connectivity index (χ0) is 15.9. The van der Waals surface area contributed by atoms with Crippen LogP contribution in [-0.4, -0.2) is 27.5 Å². The second-order valence-corrected chi connectivity index (χ2v) is 6.38. The average molecular weight is 359 g/mol. The molecular formula is C15H16Cl2N2O2S. The summed E-state index contributed by atoms with van der Waals surface area (Å²) in [6, 6.07) is 7.45. The van der Waals surface area contributed by atoms with Crippen LogP contribution in [0.15, 0.2) is 29.3 Å². The van der Waals surface area contributed by atoms with E-state index >= 15 is 0 Å². The van der Waals surface area contributed by atoms with Gasteiger partial charge in [0.15, 0.2) is 0 Å². The average Bonchev–Trinajstić information content (AvgIpc) is 2.89. The van der Waals surface area contributed by atoms with Crippen LogP contribution in [-0.2, 0) is 4.79 Å². The van der Waals surface area contributed by atoms with E-state index in [9.17, 15) is 9.59 Å². The van der Waals surface area contributed by atoms with Gasteiger partial charge in [-0.05, 0) is 36.5 Å². The second kappa shape index (κ2) is 8.46. The molecular weight excluding hydrogens is 343 g/mol. The number of halogens is 2. The Kier molecular flexibility index (Phi) is 6.61. The molecule has 0 radical (unpaired) electrons. The lowest BCUT2D eigenvalue weighted by molar-refractivity contribution is -0.118. The summed E-state index contributed by atoms with van der Waals surface area (Å²) in [6.45, 7) is 0. The first kappa shape index (κ1) is 17.2. The standard InChI is InChI=1S/C15H16Cl2N2O2S/c16-9-3-7-13(20)18-15-11-5-1-2-6-12(11)19(22-15)14(21)8-4-10-17/h1-2,5-6H,3-4,7-10H2. The molecule has 0 saturated heterocycles. The van der Waals surface area contributed by atoms with Crippen LogP contribution in [0, 0.1) is 0 Å². The molecule has 0 saturated carbocycles. The molecule has 0 aliphatic rings. The van der Waals surface area contributed by atoms with Gasteiger partial charge in [0.2, 0.25) is 11.8 Å². The highest BCUT2D eigenvalue weighted by molar-refractivity contribution is 7.06. The van der Waals surface area contributed by atoms with E-state index in [1.54, 1.807) is 3.96 Å². The quantitative estimate of drug-likeness (QED) is 0.737. The maximum atomic E-state index is 12.3. The molecule has 118 valence electrons. The highest BCUT2D eigenvalue weighted by Gasteiger charge is 2.12. The number of hydrogen-bond acceptors (Lipinski definition) is 3. The van der Waals surface area contributed by atoms with Gasteiger partial charge in [-0.1, -0.05) is 12.1 Å². The van der Waals surface area contributed by atoms with Crippen LogP contribution in [0.1, 0.15) is 30.5 Å². The maximum absolute atomic E-state index is 12.3. The molecule has 2 rings (SSSR count). The maximum Gasteiger partial charge on any atom is 0.247 e. The first-order valence-electron chi connectivity index (χ1n) is 7.01. The third kappa shape index (κ3) is 4.18. The minimum atomic E-state index is -0.215. The summed E-state index contributed by atoms with van der Waals surface area (Å²) in [4.78, 5) is 28.2. The molecule has 22 heavy (non-hydrogen) atoms. The summed E-state index contributed by atoms with van der Waals surface area (Å²) < 4.78 is 2.16. The fraction of sp³-hybridized carbons (Fsp3) is 0.400. The zero-order valence-electron chi connectivity index (χ0n) is 11.9. The summed E-state index contributed by atoms with van der Waals surface area (Å²) in [7, 11) is 0. The molecule has 1 aromatic heterocycles. The van der Waals surface area contributed by atoms with Crippen molar-refractivity contribution in [3.63, 3.8) is 0 Å². The predicted molar refractivity (Wildman–Crippen MR) is 90.9 cm³/mol. The van der Waals surface area contributed by atoms with Gasteiger partial charge in [0.1, 0.15) is 4.67 Å². The number of hydrogen-bond donors (Lipinski definition) is 0. The number of carbonyl (C=O) groups is 2. The zero-order valence-corrected chi connectivity index (χ0v) is 14.3. The van der Waals surface area contributed by atoms with E-state index in [1.807, 2.05) is 24.3 Å². The van der Waals surface area contributed by atoms with Crippen LogP contribution in [0.25, 0.3) is 10.9 Å². The Morgan fingerprint density at radius 1 is 1.09 bits per heavy atom. The number of para-hydroxylation sites is 1. The predicted octanol–water partition coefficient (Wildman–Crippen LogP) is 3.81. The summed E-state index contributed by atoms with van der Waals surface area (Å²) in [5.74, 6) is 0.636. The first-order valence-corrected chi connectivity index (χ1v) is 8.85. The van der Waals surface area contributed by atoms with Crippen molar-refractivity contribution in [2.45, 2.75) is 25.7 Å². The summed E-state index contributed by atoms with van der Waals surface area (Å²) in [5.41, 5.74) is 0.774. The highest BCUT2D eigenvalue weighted by Crippen LogP contribution is 2.15. The van der Waals surface area contributed by atoms with Gasteiger partial charge in [-0.3, -0.25) is 9.59 Å². The molecule has 0 fully saturated rings. The number of rotatable bonds is 6. The van der Waals surface area contributed by atoms with Crippen LogP contribution in [0.4, 0.5) is 0 Å². The lowest BCUT2D eigenvalue weighted by Gasteiger charge is -2.00. The number of benzene rings is 1. The van der Waals surface area contributed by atoms with Gasteiger partial charge in [-0.2, -0.15) is 0 Å². The SMILES string of the molecule is O=C(CCCCl)N=c1sn(C(=O)CCCCl)c2ccccc12. The van der Waals surface area contributed by atoms with Gasteiger partial charge in [0, 0.05) is 30.0 Å². The number of fused-ring (bicyclic) bond motifs is 1. The van der Waals surface area contributed by atoms with Gasteiger partial charge in [-0.25, -0.2) is 8.95 Å². The van der Waals surface area contributed by atoms with Crippen LogP contribution in [0.2, 0.25) is 0 Å².